The normalized spacial score (nSPS) is 19.2. The number of nitrogens with one attached hydrogen (secondary N) is 1. The van der Waals surface area contributed by atoms with Gasteiger partial charge in [0.1, 0.15) is 17.2 Å². The van der Waals surface area contributed by atoms with Gasteiger partial charge in [-0.05, 0) is 55.0 Å². The molecule has 132 valence electrons. The number of phenolic OH excluding ortho intramolecular Hbond substituents is 3. The number of aromatic hydroxyl groups is 3. The number of halogens is 1. The van der Waals surface area contributed by atoms with Gasteiger partial charge in [-0.25, -0.2) is 0 Å². The molecular weight excluding hydrogens is 374 g/mol. The maximum absolute atomic E-state index is 10.3. The Bertz CT molecular complexity index is 875. The molecule has 0 saturated heterocycles. The summed E-state index contributed by atoms with van der Waals surface area (Å²) in [6.45, 7) is -2.16. The molecule has 0 aromatic heterocycles. The van der Waals surface area contributed by atoms with Crippen LogP contribution in [-0.2, 0) is 6.37 Å². The van der Waals surface area contributed by atoms with Crippen LogP contribution in [0.1, 0.15) is 37.9 Å². The average molecular weight is 404 g/mol. The van der Waals surface area contributed by atoms with E-state index in [1.807, 2.05) is 0 Å². The quantitative estimate of drug-likeness (QED) is 0.511. The topological polar surface area (TPSA) is 93.0 Å². The summed E-state index contributed by atoms with van der Waals surface area (Å²) in [5.74, 6) is -0.732. The number of rotatable bonds is 6. The summed E-state index contributed by atoms with van der Waals surface area (Å²) in [5.41, 5.74) is 0.245. The van der Waals surface area contributed by atoms with Crippen molar-refractivity contribution in [2.75, 3.05) is 6.54 Å². The Morgan fingerprint density at radius 2 is 1.83 bits per heavy atom. The zero-order valence-electron chi connectivity index (χ0n) is 18.9. The van der Waals surface area contributed by atoms with Crippen LogP contribution in [0.5, 0.6) is 17.2 Å². The van der Waals surface area contributed by atoms with E-state index in [2.05, 4.69) is 5.32 Å². The van der Waals surface area contributed by atoms with Crippen molar-refractivity contribution in [3.05, 3.63) is 53.1 Å². The minimum absolute atomic E-state index is 0. The van der Waals surface area contributed by atoms with Crippen molar-refractivity contribution >= 4 is 17.0 Å². The third-order valence-electron chi connectivity index (χ3n) is 3.25. The van der Waals surface area contributed by atoms with E-state index in [1.54, 1.807) is 0 Å². The molecule has 5 N–H and O–H groups in total. The highest BCUT2D eigenvalue weighted by Crippen LogP contribution is 2.24. The highest BCUT2D eigenvalue weighted by Gasteiger charge is 2.12. The van der Waals surface area contributed by atoms with E-state index in [-0.39, 0.29) is 45.4 Å². The molecule has 2 atom stereocenters. The molecule has 24 heavy (non-hydrogen) atoms. The molecule has 0 radical (unpaired) electrons. The van der Waals surface area contributed by atoms with Crippen LogP contribution in [0, 0.1) is 6.92 Å². The van der Waals surface area contributed by atoms with Gasteiger partial charge >= 0.3 is 0 Å². The Morgan fingerprint density at radius 3 is 2.42 bits per heavy atom. The fourth-order valence-corrected chi connectivity index (χ4v) is 2.05. The number of aryl methyl sites for hydroxylation is 1. The van der Waals surface area contributed by atoms with Crippen LogP contribution < -0.4 is 5.32 Å². The Balaban J connectivity index is 0.00000450. The molecule has 0 aliphatic carbocycles. The molecule has 0 heterocycles. The van der Waals surface area contributed by atoms with Crippen molar-refractivity contribution in [1.82, 2.24) is 5.32 Å². The monoisotopic (exact) mass is 403 g/mol. The SMILES string of the molecule is Br.[2H]C([2H])([2H])[C@@]([2H])(NC[C@H](O)c1cc(O)cc(O)c1)C([2H])([2H])c1ccc(O)c(C)c1. The lowest BCUT2D eigenvalue weighted by molar-refractivity contribution is 0.170. The van der Waals surface area contributed by atoms with Crippen LogP contribution in [-0.4, -0.2) is 33.0 Å². The van der Waals surface area contributed by atoms with Gasteiger partial charge in [-0.15, -0.1) is 17.0 Å². The number of hydrogen-bond acceptors (Lipinski definition) is 5. The van der Waals surface area contributed by atoms with Crippen LogP contribution in [0.15, 0.2) is 36.4 Å². The smallest absolute Gasteiger partial charge is 0.119 e. The molecule has 2 aromatic rings. The molecule has 0 aliphatic heterocycles. The highest BCUT2D eigenvalue weighted by atomic mass is 79.9. The standard InChI is InChI=1S/C18H23NO4.BrH/c1-11-5-13(3-4-17(11)22)6-12(2)19-10-18(23)14-7-15(20)9-16(21)8-14;/h3-5,7-9,12,18-23H,6,10H2,1-2H3;1H/t12-,18+;/m1./s1/i2D3,6D2,12D;. The van der Waals surface area contributed by atoms with Gasteiger partial charge in [0.15, 0.2) is 0 Å². The van der Waals surface area contributed by atoms with Gasteiger partial charge in [0, 0.05) is 26.9 Å². The second kappa shape index (κ2) is 8.92. The lowest BCUT2D eigenvalue weighted by atomic mass is 10.0. The molecule has 2 rings (SSSR count). The molecule has 0 unspecified atom stereocenters. The van der Waals surface area contributed by atoms with Gasteiger partial charge in [0.25, 0.3) is 0 Å². The van der Waals surface area contributed by atoms with Gasteiger partial charge in [-0.1, -0.05) is 12.1 Å². The third-order valence-corrected chi connectivity index (χ3v) is 3.25. The zero-order valence-corrected chi connectivity index (χ0v) is 14.7. The Morgan fingerprint density at radius 1 is 1.17 bits per heavy atom. The first kappa shape index (κ1) is 12.6. The molecular formula is C18H24BrNO4. The predicted octanol–water partition coefficient (Wildman–Crippen LogP) is 2.94. The summed E-state index contributed by atoms with van der Waals surface area (Å²) in [6, 6.07) is 4.18. The first-order valence-corrected chi connectivity index (χ1v) is 6.95. The largest absolute Gasteiger partial charge is 0.508 e. The molecule has 0 spiro atoms. The fourth-order valence-electron chi connectivity index (χ4n) is 2.05. The summed E-state index contributed by atoms with van der Waals surface area (Å²) in [6.07, 6.45) is -4.17. The molecule has 0 fully saturated rings. The van der Waals surface area contributed by atoms with Crippen LogP contribution in [0.2, 0.25) is 0 Å². The average Bonchev–Trinajstić information content (AvgIpc) is 2.59. The van der Waals surface area contributed by atoms with Gasteiger partial charge in [0.2, 0.25) is 0 Å². The number of benzene rings is 2. The van der Waals surface area contributed by atoms with Crippen LogP contribution in [0.3, 0.4) is 0 Å². The van der Waals surface area contributed by atoms with Crippen molar-refractivity contribution in [2.45, 2.75) is 32.3 Å². The first-order valence-electron chi connectivity index (χ1n) is 9.95. The van der Waals surface area contributed by atoms with Crippen molar-refractivity contribution in [2.24, 2.45) is 0 Å². The minimum atomic E-state index is -3.14. The first-order chi connectivity index (χ1) is 13.2. The van der Waals surface area contributed by atoms with Gasteiger partial charge in [0.05, 0.1) is 6.10 Å². The maximum Gasteiger partial charge on any atom is 0.119 e. The third kappa shape index (κ3) is 5.70. The van der Waals surface area contributed by atoms with E-state index in [9.17, 15) is 20.4 Å². The van der Waals surface area contributed by atoms with Crippen LogP contribution in [0.4, 0.5) is 0 Å². The zero-order chi connectivity index (χ0) is 22.2. The van der Waals surface area contributed by atoms with E-state index < -0.39 is 31.9 Å². The lowest BCUT2D eigenvalue weighted by Crippen LogP contribution is -2.32. The number of aliphatic hydroxyl groups is 1. The van der Waals surface area contributed by atoms with Gasteiger partial charge in [-0.2, -0.15) is 0 Å². The molecule has 6 heteroatoms. The second-order valence-corrected chi connectivity index (χ2v) is 5.18. The summed E-state index contributed by atoms with van der Waals surface area (Å²) in [4.78, 5) is 0. The molecule has 0 bridgehead atoms. The Kier molecular flexibility index (Phi) is 4.67. The van der Waals surface area contributed by atoms with Crippen LogP contribution >= 0.6 is 17.0 Å². The molecule has 0 saturated carbocycles. The lowest BCUT2D eigenvalue weighted by Gasteiger charge is -2.18. The Labute approximate surface area is 160 Å². The van der Waals surface area contributed by atoms with Crippen molar-refractivity contribution in [3.63, 3.8) is 0 Å². The van der Waals surface area contributed by atoms with Crippen molar-refractivity contribution < 1.29 is 28.7 Å². The van der Waals surface area contributed by atoms with E-state index >= 15 is 0 Å². The summed E-state index contributed by atoms with van der Waals surface area (Å²) < 4.78 is 48.4. The van der Waals surface area contributed by atoms with E-state index in [0.29, 0.717) is 5.56 Å². The molecule has 0 aliphatic rings. The number of phenols is 3. The summed E-state index contributed by atoms with van der Waals surface area (Å²) in [5, 5.41) is 41.3. The van der Waals surface area contributed by atoms with Gasteiger partial charge in [-0.3, -0.25) is 0 Å². The second-order valence-electron chi connectivity index (χ2n) is 5.18. The molecule has 2 aromatic carbocycles. The number of hydrogen-bond donors (Lipinski definition) is 5. The van der Waals surface area contributed by atoms with Crippen molar-refractivity contribution in [1.29, 1.82) is 0 Å². The van der Waals surface area contributed by atoms with E-state index in [0.717, 1.165) is 18.2 Å². The summed E-state index contributed by atoms with van der Waals surface area (Å²) in [7, 11) is 0. The number of aliphatic hydroxyl groups excluding tert-OH is 1. The van der Waals surface area contributed by atoms with E-state index in [1.165, 1.54) is 25.1 Å². The minimum Gasteiger partial charge on any atom is -0.508 e. The maximum atomic E-state index is 10.3. The predicted molar refractivity (Wildman–Crippen MR) is 99.1 cm³/mol. The van der Waals surface area contributed by atoms with Crippen LogP contribution in [0.25, 0.3) is 0 Å². The van der Waals surface area contributed by atoms with Crippen molar-refractivity contribution in [3.8, 4) is 17.2 Å². The Hall–Kier alpha value is -1.76. The van der Waals surface area contributed by atoms with E-state index in [4.69, 9.17) is 8.22 Å². The fraction of sp³-hybridized carbons (Fsp3) is 0.333. The van der Waals surface area contributed by atoms with Gasteiger partial charge < -0.3 is 25.7 Å². The molecule has 5 nitrogen and oxygen atoms in total. The highest BCUT2D eigenvalue weighted by molar-refractivity contribution is 8.93. The molecule has 0 amide bonds. The summed E-state index contributed by atoms with van der Waals surface area (Å²) >= 11 is 0.